The lowest BCUT2D eigenvalue weighted by Crippen LogP contribution is -2.21. The molecule has 1 aromatic carbocycles. The van der Waals surface area contributed by atoms with E-state index < -0.39 is 0 Å². The number of hydrogen-bond donors (Lipinski definition) is 0. The molecule has 0 bridgehead atoms. The SMILES string of the molecule is CC1CC=CCC1COc1ccc(C#N)c(Br)c1. The van der Waals surface area contributed by atoms with Crippen LogP contribution in [0.15, 0.2) is 34.8 Å². The number of ether oxygens (including phenoxy) is 1. The summed E-state index contributed by atoms with van der Waals surface area (Å²) in [6, 6.07) is 7.62. The molecule has 2 rings (SSSR count). The van der Waals surface area contributed by atoms with Crippen LogP contribution in [-0.2, 0) is 0 Å². The van der Waals surface area contributed by atoms with Crippen molar-refractivity contribution in [1.29, 1.82) is 5.26 Å². The summed E-state index contributed by atoms with van der Waals surface area (Å²) >= 11 is 3.37. The van der Waals surface area contributed by atoms with Gasteiger partial charge < -0.3 is 4.74 Å². The Kier molecular flexibility index (Phi) is 4.43. The molecule has 1 aromatic rings. The first-order chi connectivity index (χ1) is 8.70. The molecule has 0 heterocycles. The Morgan fingerprint density at radius 1 is 1.39 bits per heavy atom. The first kappa shape index (κ1) is 13.2. The molecule has 1 aliphatic carbocycles. The van der Waals surface area contributed by atoms with Crippen molar-refractivity contribution >= 4 is 15.9 Å². The Balaban J connectivity index is 1.96. The second-order valence-electron chi connectivity index (χ2n) is 4.74. The summed E-state index contributed by atoms with van der Waals surface area (Å²) in [5, 5.41) is 8.85. The minimum absolute atomic E-state index is 0.587. The fourth-order valence-corrected chi connectivity index (χ4v) is 2.56. The number of halogens is 1. The van der Waals surface area contributed by atoms with E-state index in [1.54, 1.807) is 6.07 Å². The van der Waals surface area contributed by atoms with Gasteiger partial charge in [-0.25, -0.2) is 0 Å². The third-order valence-corrected chi connectivity index (χ3v) is 4.10. The standard InChI is InChI=1S/C15H16BrNO/c1-11-4-2-3-5-13(11)10-18-14-7-6-12(9-17)15(16)8-14/h2-3,6-8,11,13H,4-5,10H2,1H3. The minimum Gasteiger partial charge on any atom is -0.493 e. The van der Waals surface area contributed by atoms with Gasteiger partial charge >= 0.3 is 0 Å². The lowest BCUT2D eigenvalue weighted by molar-refractivity contribution is 0.198. The van der Waals surface area contributed by atoms with E-state index in [2.05, 4.69) is 41.1 Å². The van der Waals surface area contributed by atoms with Crippen molar-refractivity contribution in [2.75, 3.05) is 6.61 Å². The van der Waals surface area contributed by atoms with Crippen LogP contribution in [0.25, 0.3) is 0 Å². The third kappa shape index (κ3) is 3.14. The third-order valence-electron chi connectivity index (χ3n) is 3.44. The summed E-state index contributed by atoms with van der Waals surface area (Å²) in [4.78, 5) is 0. The highest BCUT2D eigenvalue weighted by Crippen LogP contribution is 2.27. The zero-order valence-corrected chi connectivity index (χ0v) is 12.0. The van der Waals surface area contributed by atoms with Crippen molar-refractivity contribution in [2.24, 2.45) is 11.8 Å². The summed E-state index contributed by atoms with van der Waals surface area (Å²) in [5.74, 6) is 2.09. The molecule has 2 unspecified atom stereocenters. The van der Waals surface area contributed by atoms with Gasteiger partial charge in [0.25, 0.3) is 0 Å². The molecule has 0 saturated heterocycles. The fraction of sp³-hybridized carbons (Fsp3) is 0.400. The first-order valence-corrected chi connectivity index (χ1v) is 6.97. The average molecular weight is 306 g/mol. The predicted molar refractivity (Wildman–Crippen MR) is 75.4 cm³/mol. The van der Waals surface area contributed by atoms with Crippen LogP contribution >= 0.6 is 15.9 Å². The second kappa shape index (κ2) is 6.06. The lowest BCUT2D eigenvalue weighted by Gasteiger charge is -2.25. The van der Waals surface area contributed by atoms with Crippen molar-refractivity contribution in [1.82, 2.24) is 0 Å². The Labute approximate surface area is 116 Å². The van der Waals surface area contributed by atoms with Crippen molar-refractivity contribution in [2.45, 2.75) is 19.8 Å². The first-order valence-electron chi connectivity index (χ1n) is 6.18. The van der Waals surface area contributed by atoms with Crippen LogP contribution in [0.5, 0.6) is 5.75 Å². The van der Waals surface area contributed by atoms with E-state index in [1.165, 1.54) is 0 Å². The summed E-state index contributed by atoms with van der Waals surface area (Å²) in [7, 11) is 0. The van der Waals surface area contributed by atoms with E-state index in [0.717, 1.165) is 29.7 Å². The molecule has 0 fully saturated rings. The second-order valence-corrected chi connectivity index (χ2v) is 5.60. The highest BCUT2D eigenvalue weighted by molar-refractivity contribution is 9.10. The molecule has 0 spiro atoms. The van der Waals surface area contributed by atoms with E-state index >= 15 is 0 Å². The number of nitriles is 1. The number of benzene rings is 1. The van der Waals surface area contributed by atoms with Crippen LogP contribution in [0.2, 0.25) is 0 Å². The van der Waals surface area contributed by atoms with Crippen LogP contribution in [0.3, 0.4) is 0 Å². The van der Waals surface area contributed by atoms with Crippen molar-refractivity contribution in [3.63, 3.8) is 0 Å². The molecule has 0 radical (unpaired) electrons. The van der Waals surface area contributed by atoms with Crippen molar-refractivity contribution in [3.05, 3.63) is 40.4 Å². The Morgan fingerprint density at radius 3 is 2.83 bits per heavy atom. The summed E-state index contributed by atoms with van der Waals surface area (Å²) < 4.78 is 6.61. The molecule has 0 saturated carbocycles. The van der Waals surface area contributed by atoms with E-state index in [9.17, 15) is 0 Å². The van der Waals surface area contributed by atoms with Gasteiger partial charge in [0, 0.05) is 4.47 Å². The van der Waals surface area contributed by atoms with E-state index in [-0.39, 0.29) is 0 Å². The monoisotopic (exact) mass is 305 g/mol. The average Bonchev–Trinajstić information content (AvgIpc) is 2.38. The number of hydrogen-bond acceptors (Lipinski definition) is 2. The van der Waals surface area contributed by atoms with Crippen molar-refractivity contribution < 1.29 is 4.74 Å². The summed E-state index contributed by atoms with van der Waals surface area (Å²) in [5.41, 5.74) is 0.635. The van der Waals surface area contributed by atoms with Gasteiger partial charge in [0.15, 0.2) is 0 Å². The molecule has 0 N–H and O–H groups in total. The molecule has 3 heteroatoms. The number of allylic oxidation sites excluding steroid dienone is 2. The van der Waals surface area contributed by atoms with E-state index in [1.807, 2.05) is 12.1 Å². The molecule has 94 valence electrons. The fourth-order valence-electron chi connectivity index (χ4n) is 2.12. The number of nitrogens with zero attached hydrogens (tertiary/aromatic N) is 1. The van der Waals surface area contributed by atoms with Gasteiger partial charge in [0.05, 0.1) is 12.2 Å². The van der Waals surface area contributed by atoms with Crippen LogP contribution < -0.4 is 4.74 Å². The molecular weight excluding hydrogens is 290 g/mol. The van der Waals surface area contributed by atoms with Gasteiger partial charge in [0.2, 0.25) is 0 Å². The Hall–Kier alpha value is -1.27. The molecule has 0 amide bonds. The summed E-state index contributed by atoms with van der Waals surface area (Å²) in [6.45, 7) is 3.01. The topological polar surface area (TPSA) is 33.0 Å². The molecule has 2 atom stereocenters. The van der Waals surface area contributed by atoms with Crippen LogP contribution in [0.4, 0.5) is 0 Å². The normalized spacial score (nSPS) is 22.5. The molecule has 2 nitrogen and oxygen atoms in total. The molecular formula is C15H16BrNO. The molecule has 0 aliphatic heterocycles. The molecule has 18 heavy (non-hydrogen) atoms. The van der Waals surface area contributed by atoms with Crippen LogP contribution in [0.1, 0.15) is 25.3 Å². The lowest BCUT2D eigenvalue weighted by atomic mass is 9.85. The smallest absolute Gasteiger partial charge is 0.120 e. The predicted octanol–water partition coefficient (Wildman–Crippen LogP) is 4.30. The minimum atomic E-state index is 0.587. The van der Waals surface area contributed by atoms with Gasteiger partial charge in [-0.05, 0) is 58.8 Å². The number of rotatable bonds is 3. The van der Waals surface area contributed by atoms with Gasteiger partial charge in [0.1, 0.15) is 11.8 Å². The van der Waals surface area contributed by atoms with Crippen molar-refractivity contribution in [3.8, 4) is 11.8 Å². The molecule has 1 aliphatic rings. The highest BCUT2D eigenvalue weighted by Gasteiger charge is 2.18. The van der Waals surface area contributed by atoms with Crippen LogP contribution in [0, 0.1) is 23.2 Å². The molecule has 0 aromatic heterocycles. The quantitative estimate of drug-likeness (QED) is 0.780. The Bertz CT molecular complexity index is 490. The van der Waals surface area contributed by atoms with Gasteiger partial charge in [-0.3, -0.25) is 0 Å². The maximum atomic E-state index is 8.85. The highest BCUT2D eigenvalue weighted by atomic mass is 79.9. The van der Waals surface area contributed by atoms with E-state index in [4.69, 9.17) is 10.00 Å². The Morgan fingerprint density at radius 2 is 2.17 bits per heavy atom. The summed E-state index contributed by atoms with van der Waals surface area (Å²) in [6.07, 6.45) is 6.73. The van der Waals surface area contributed by atoms with E-state index in [0.29, 0.717) is 17.4 Å². The zero-order chi connectivity index (χ0) is 13.0. The van der Waals surface area contributed by atoms with Crippen LogP contribution in [-0.4, -0.2) is 6.61 Å². The van der Waals surface area contributed by atoms with Gasteiger partial charge in [-0.1, -0.05) is 19.1 Å². The largest absolute Gasteiger partial charge is 0.493 e. The van der Waals surface area contributed by atoms with Gasteiger partial charge in [-0.15, -0.1) is 0 Å². The maximum absolute atomic E-state index is 8.85. The zero-order valence-electron chi connectivity index (χ0n) is 10.4. The maximum Gasteiger partial charge on any atom is 0.120 e. The van der Waals surface area contributed by atoms with Gasteiger partial charge in [-0.2, -0.15) is 5.26 Å².